The van der Waals surface area contributed by atoms with Crippen molar-refractivity contribution in [3.05, 3.63) is 0 Å². The Bertz CT molecular complexity index is 130. The van der Waals surface area contributed by atoms with Gasteiger partial charge in [0, 0.05) is 0 Å². The summed E-state index contributed by atoms with van der Waals surface area (Å²) in [5.74, 6) is 0. The van der Waals surface area contributed by atoms with E-state index in [0.717, 1.165) is 0 Å². The van der Waals surface area contributed by atoms with Crippen LogP contribution in [0.2, 0.25) is 0 Å². The maximum Gasteiger partial charge on any atom is 0.154 e. The van der Waals surface area contributed by atoms with Crippen LogP contribution in [0.4, 0.5) is 0 Å². The Morgan fingerprint density at radius 3 is 3.00 bits per heavy atom. The van der Waals surface area contributed by atoms with Crippen LogP contribution in [-0.4, -0.2) is 12.3 Å². The largest absolute Gasteiger partial charge is 0.242 e. The second kappa shape index (κ2) is 1.58. The van der Waals surface area contributed by atoms with Crippen LogP contribution >= 0.6 is 0 Å². The van der Waals surface area contributed by atoms with Crippen molar-refractivity contribution in [3.63, 3.8) is 0 Å². The molecule has 2 N–H and O–H groups in total. The Morgan fingerprint density at radius 1 is 1.86 bits per heavy atom. The zero-order valence-electron chi connectivity index (χ0n) is 3.60. The van der Waals surface area contributed by atoms with Crippen LogP contribution in [-0.2, 0) is 0 Å². The number of rotatable bonds is 0. The standard InChI is InChI=1S/C3H4N4/c4-1-3-2-5-7-6-3/h5,7H,2H2. The second-order valence-corrected chi connectivity index (χ2v) is 1.14. The maximum absolute atomic E-state index is 8.11. The summed E-state index contributed by atoms with van der Waals surface area (Å²) in [5.41, 5.74) is 5.59. The first kappa shape index (κ1) is 4.09. The predicted molar refractivity (Wildman–Crippen MR) is 24.2 cm³/mol. The predicted octanol–water partition coefficient (Wildman–Crippen LogP) is -1.03. The molecule has 0 aliphatic carbocycles. The molecule has 4 nitrogen and oxygen atoms in total. The van der Waals surface area contributed by atoms with Gasteiger partial charge in [-0.2, -0.15) is 10.4 Å². The molecule has 0 aromatic rings. The minimum atomic E-state index is 0.500. The van der Waals surface area contributed by atoms with Crippen LogP contribution in [0.3, 0.4) is 0 Å². The average Bonchev–Trinajstić information content (AvgIpc) is 2.14. The van der Waals surface area contributed by atoms with Crippen LogP contribution in [0, 0.1) is 11.3 Å². The Balaban J connectivity index is 2.57. The number of nitrogens with one attached hydrogen (secondary N) is 2. The monoisotopic (exact) mass is 96.0 g/mol. The molecule has 0 unspecified atom stereocenters. The van der Waals surface area contributed by atoms with E-state index in [-0.39, 0.29) is 0 Å². The van der Waals surface area contributed by atoms with Crippen LogP contribution in [0.1, 0.15) is 0 Å². The number of nitriles is 1. The van der Waals surface area contributed by atoms with E-state index in [4.69, 9.17) is 5.26 Å². The summed E-state index contributed by atoms with van der Waals surface area (Å²) in [6.07, 6.45) is 0. The van der Waals surface area contributed by atoms with Gasteiger partial charge < -0.3 is 0 Å². The summed E-state index contributed by atoms with van der Waals surface area (Å²) in [4.78, 5) is 0. The molecule has 0 saturated carbocycles. The van der Waals surface area contributed by atoms with Crippen molar-refractivity contribution >= 4 is 5.71 Å². The van der Waals surface area contributed by atoms with Crippen molar-refractivity contribution in [2.24, 2.45) is 5.10 Å². The molecule has 0 aromatic carbocycles. The fourth-order valence-electron chi connectivity index (χ4n) is 0.334. The summed E-state index contributed by atoms with van der Waals surface area (Å²) in [6.45, 7) is 0.538. The highest BCUT2D eigenvalue weighted by molar-refractivity contribution is 6.00. The van der Waals surface area contributed by atoms with E-state index in [1.54, 1.807) is 0 Å². The third-order valence-corrected chi connectivity index (χ3v) is 0.655. The molecule has 0 atom stereocenters. The van der Waals surface area contributed by atoms with Crippen molar-refractivity contribution in [3.8, 4) is 6.07 Å². The first-order chi connectivity index (χ1) is 3.43. The first-order valence-corrected chi connectivity index (χ1v) is 1.88. The molecule has 0 bridgehead atoms. The molecule has 7 heavy (non-hydrogen) atoms. The van der Waals surface area contributed by atoms with Gasteiger partial charge in [-0.3, -0.25) is 0 Å². The van der Waals surface area contributed by atoms with E-state index in [2.05, 4.69) is 16.1 Å². The topological polar surface area (TPSA) is 60.2 Å². The molecule has 1 aliphatic heterocycles. The Morgan fingerprint density at radius 2 is 2.71 bits per heavy atom. The number of hydrazine groups is 1. The highest BCUT2D eigenvalue weighted by atomic mass is 15.6. The van der Waals surface area contributed by atoms with Gasteiger partial charge in [0.05, 0.1) is 6.54 Å². The molecule has 1 rings (SSSR count). The SMILES string of the molecule is N#CC1=NNNC1. The third-order valence-electron chi connectivity index (χ3n) is 0.655. The molecule has 0 saturated heterocycles. The van der Waals surface area contributed by atoms with Gasteiger partial charge in [0.2, 0.25) is 0 Å². The van der Waals surface area contributed by atoms with Crippen LogP contribution in [0.25, 0.3) is 0 Å². The van der Waals surface area contributed by atoms with Gasteiger partial charge in [-0.15, -0.1) is 0 Å². The highest BCUT2D eigenvalue weighted by Crippen LogP contribution is 1.74. The third kappa shape index (κ3) is 0.669. The summed E-state index contributed by atoms with van der Waals surface area (Å²) in [6, 6.07) is 1.89. The maximum atomic E-state index is 8.11. The fraction of sp³-hybridized carbons (Fsp3) is 0.333. The van der Waals surface area contributed by atoms with Crippen LogP contribution in [0.5, 0.6) is 0 Å². The van der Waals surface area contributed by atoms with Gasteiger partial charge in [0.1, 0.15) is 6.07 Å². The molecule has 0 aromatic heterocycles. The van der Waals surface area contributed by atoms with E-state index in [0.29, 0.717) is 12.3 Å². The zero-order valence-corrected chi connectivity index (χ0v) is 3.60. The lowest BCUT2D eigenvalue weighted by Gasteiger charge is -1.81. The molecule has 0 radical (unpaired) electrons. The summed E-state index contributed by atoms with van der Waals surface area (Å²) in [5, 5.41) is 11.7. The van der Waals surface area contributed by atoms with E-state index in [9.17, 15) is 0 Å². The van der Waals surface area contributed by atoms with E-state index in [1.165, 1.54) is 0 Å². The van der Waals surface area contributed by atoms with Crippen molar-refractivity contribution in [2.45, 2.75) is 0 Å². The lowest BCUT2D eigenvalue weighted by Crippen LogP contribution is -2.21. The number of hydrogen-bond donors (Lipinski definition) is 2. The lowest BCUT2D eigenvalue weighted by molar-refractivity contribution is 0.653. The van der Waals surface area contributed by atoms with Crippen molar-refractivity contribution in [1.29, 1.82) is 5.26 Å². The van der Waals surface area contributed by atoms with Gasteiger partial charge in [-0.05, 0) is 0 Å². The summed E-state index contributed by atoms with van der Waals surface area (Å²) >= 11 is 0. The second-order valence-electron chi connectivity index (χ2n) is 1.14. The first-order valence-electron chi connectivity index (χ1n) is 1.88. The van der Waals surface area contributed by atoms with Gasteiger partial charge in [0.15, 0.2) is 5.71 Å². The average molecular weight is 96.1 g/mol. The number of hydrogen-bond acceptors (Lipinski definition) is 4. The minimum Gasteiger partial charge on any atom is -0.242 e. The molecular weight excluding hydrogens is 92.1 g/mol. The fourth-order valence-corrected chi connectivity index (χ4v) is 0.334. The quantitative estimate of drug-likeness (QED) is 0.405. The van der Waals surface area contributed by atoms with Crippen molar-refractivity contribution in [2.75, 3.05) is 6.54 Å². The molecular formula is C3H4N4. The van der Waals surface area contributed by atoms with Crippen molar-refractivity contribution in [1.82, 2.24) is 11.0 Å². The summed E-state index contributed by atoms with van der Waals surface area (Å²) in [7, 11) is 0. The zero-order chi connectivity index (χ0) is 5.11. The molecule has 4 heteroatoms. The molecule has 0 amide bonds. The number of nitrogens with zero attached hydrogens (tertiary/aromatic N) is 2. The van der Waals surface area contributed by atoms with E-state index < -0.39 is 0 Å². The number of hydrazone groups is 1. The van der Waals surface area contributed by atoms with Gasteiger partial charge in [-0.25, -0.2) is 11.0 Å². The molecule has 1 aliphatic rings. The summed E-state index contributed by atoms with van der Waals surface area (Å²) < 4.78 is 0. The van der Waals surface area contributed by atoms with Crippen LogP contribution in [0.15, 0.2) is 5.10 Å². The Hall–Kier alpha value is -1.08. The smallest absolute Gasteiger partial charge is 0.154 e. The molecule has 0 fully saturated rings. The van der Waals surface area contributed by atoms with E-state index in [1.807, 2.05) is 6.07 Å². The van der Waals surface area contributed by atoms with Crippen LogP contribution < -0.4 is 11.0 Å². The highest BCUT2D eigenvalue weighted by Gasteiger charge is 2.00. The molecule has 36 valence electrons. The Labute approximate surface area is 40.8 Å². The Kier molecular flexibility index (Phi) is 0.922. The van der Waals surface area contributed by atoms with Crippen molar-refractivity contribution < 1.29 is 0 Å². The normalized spacial score (nSPS) is 17.3. The molecule has 1 heterocycles. The lowest BCUT2D eigenvalue weighted by atomic mass is 10.4. The van der Waals surface area contributed by atoms with Gasteiger partial charge >= 0.3 is 0 Å². The van der Waals surface area contributed by atoms with E-state index >= 15 is 0 Å². The molecule has 0 spiro atoms. The van der Waals surface area contributed by atoms with Gasteiger partial charge in [-0.1, -0.05) is 0 Å². The minimum absolute atomic E-state index is 0.500. The van der Waals surface area contributed by atoms with Gasteiger partial charge in [0.25, 0.3) is 0 Å².